The highest BCUT2D eigenvalue weighted by atomic mass is 35.5. The molecule has 6 aromatic rings. The molecular weight excluding hydrogens is 684 g/mol. The molecule has 0 amide bonds. The van der Waals surface area contributed by atoms with Crippen molar-refractivity contribution in [3.8, 4) is 45.8 Å². The molecule has 3 aromatic heterocycles. The Kier molecular flexibility index (Phi) is 12.1. The first-order valence-electron chi connectivity index (χ1n) is 16.4. The quantitative estimate of drug-likeness (QED) is 0.118. The fourth-order valence-electron chi connectivity index (χ4n) is 5.49. The molecule has 12 nitrogen and oxygen atoms in total. The third kappa shape index (κ3) is 8.75. The van der Waals surface area contributed by atoms with Gasteiger partial charge in [0.05, 0.1) is 24.2 Å². The minimum Gasteiger partial charge on any atom is -0.506 e. The number of esters is 1. The van der Waals surface area contributed by atoms with Gasteiger partial charge in [0.2, 0.25) is 0 Å². The molecule has 0 bridgehead atoms. The van der Waals surface area contributed by atoms with Gasteiger partial charge in [-0.1, -0.05) is 11.6 Å². The van der Waals surface area contributed by atoms with Crippen LogP contribution in [0.1, 0.15) is 57.8 Å². The molecule has 6 rings (SSSR count). The average molecular weight is 729 g/mol. The second kappa shape index (κ2) is 16.1. The summed E-state index contributed by atoms with van der Waals surface area (Å²) in [6.45, 7) is 18.6. The molecule has 3 aromatic carbocycles. The molecule has 0 saturated heterocycles. The van der Waals surface area contributed by atoms with E-state index in [-0.39, 0.29) is 17.2 Å². The summed E-state index contributed by atoms with van der Waals surface area (Å²) in [5.74, 6) is 1.04. The van der Waals surface area contributed by atoms with E-state index < -0.39 is 5.97 Å². The van der Waals surface area contributed by atoms with Crippen molar-refractivity contribution in [2.45, 2.75) is 69.2 Å². The lowest BCUT2D eigenvalue weighted by atomic mass is 10.2. The van der Waals surface area contributed by atoms with E-state index in [9.17, 15) is 20.1 Å². The lowest BCUT2D eigenvalue weighted by Gasteiger charge is -2.11. The van der Waals surface area contributed by atoms with Crippen LogP contribution in [-0.2, 0) is 4.79 Å². The minimum atomic E-state index is -0.422. The number of phenols is 3. The van der Waals surface area contributed by atoms with Gasteiger partial charge in [-0.25, -0.2) is 14.0 Å². The molecular formula is C39H45ClN6O6. The molecule has 0 spiro atoms. The van der Waals surface area contributed by atoms with Crippen molar-refractivity contribution in [3.63, 3.8) is 0 Å². The zero-order chi connectivity index (χ0) is 38.6. The maximum atomic E-state index is 10.9. The number of hydrogen-bond acceptors (Lipinski definition) is 9. The van der Waals surface area contributed by atoms with Gasteiger partial charge in [0.25, 0.3) is 0 Å². The minimum absolute atomic E-state index is 0.0179. The van der Waals surface area contributed by atoms with Crippen molar-refractivity contribution in [2.75, 3.05) is 7.11 Å². The molecule has 0 fully saturated rings. The number of halogens is 1. The summed E-state index contributed by atoms with van der Waals surface area (Å²) in [7, 11) is 1.62. The molecule has 0 aliphatic heterocycles. The number of hydrogen-bond donors (Lipinski definition) is 3. The second-order valence-corrected chi connectivity index (χ2v) is 12.9. The number of carbonyl (C=O) groups is 1. The zero-order valence-corrected chi connectivity index (χ0v) is 32.1. The number of rotatable bonds is 5. The van der Waals surface area contributed by atoms with Crippen LogP contribution in [0.4, 0.5) is 0 Å². The third-order valence-corrected chi connectivity index (χ3v) is 8.72. The molecule has 0 aliphatic carbocycles. The summed E-state index contributed by atoms with van der Waals surface area (Å²) >= 11 is 6.04. The van der Waals surface area contributed by atoms with E-state index >= 15 is 0 Å². The summed E-state index contributed by atoms with van der Waals surface area (Å²) in [6, 6.07) is 15.5. The molecule has 0 radical (unpaired) electrons. The predicted molar refractivity (Wildman–Crippen MR) is 201 cm³/mol. The Morgan fingerprint density at radius 1 is 0.654 bits per heavy atom. The van der Waals surface area contributed by atoms with Gasteiger partial charge in [0.1, 0.15) is 45.8 Å². The molecule has 3 N–H and O–H groups in total. The van der Waals surface area contributed by atoms with Gasteiger partial charge < -0.3 is 24.8 Å². The first-order chi connectivity index (χ1) is 24.4. The fraction of sp³-hybridized carbons (Fsp3) is 0.282. The van der Waals surface area contributed by atoms with Gasteiger partial charge in [-0.15, -0.1) is 0 Å². The molecule has 13 heteroatoms. The Morgan fingerprint density at radius 2 is 1.17 bits per heavy atom. The SMILES string of the molecule is CC(=O)Oc1ccc(-n2nc(C)c(C)c2C)c(O)c1.COc1cc(-n2nc(C)cc2C)c(O)cc1C.Cc1cc(C)n(-c2cc(Cl)c(C)cc2O)n1. The molecule has 3 heterocycles. The van der Waals surface area contributed by atoms with Gasteiger partial charge in [0, 0.05) is 41.2 Å². The summed E-state index contributed by atoms with van der Waals surface area (Å²) in [6.07, 6.45) is 0. The summed E-state index contributed by atoms with van der Waals surface area (Å²) in [5.41, 5.74) is 10.3. The Balaban J connectivity index is 0.000000175. The maximum Gasteiger partial charge on any atom is 0.308 e. The Hall–Kier alpha value is -5.75. The topological polar surface area (TPSA) is 150 Å². The first-order valence-corrected chi connectivity index (χ1v) is 16.8. The largest absolute Gasteiger partial charge is 0.506 e. The number of ether oxygens (including phenoxy) is 2. The first kappa shape index (κ1) is 39.0. The van der Waals surface area contributed by atoms with Crippen molar-refractivity contribution in [2.24, 2.45) is 0 Å². The Bertz CT molecular complexity index is 2250. The van der Waals surface area contributed by atoms with Crippen LogP contribution in [-0.4, -0.2) is 57.7 Å². The van der Waals surface area contributed by atoms with Crippen LogP contribution in [0.2, 0.25) is 5.02 Å². The van der Waals surface area contributed by atoms with Crippen LogP contribution in [0, 0.1) is 62.3 Å². The van der Waals surface area contributed by atoms with E-state index in [0.29, 0.717) is 27.8 Å². The molecule has 0 unspecified atom stereocenters. The van der Waals surface area contributed by atoms with Crippen LogP contribution in [0.3, 0.4) is 0 Å². The van der Waals surface area contributed by atoms with Crippen LogP contribution < -0.4 is 9.47 Å². The third-order valence-electron chi connectivity index (χ3n) is 8.31. The van der Waals surface area contributed by atoms with Crippen LogP contribution >= 0.6 is 11.6 Å². The van der Waals surface area contributed by atoms with E-state index in [1.165, 1.54) is 13.0 Å². The number of aromatic hydroxyl groups is 3. The van der Waals surface area contributed by atoms with Gasteiger partial charge in [-0.05, 0) is 121 Å². The van der Waals surface area contributed by atoms with E-state index in [1.54, 1.807) is 57.6 Å². The number of benzene rings is 3. The average Bonchev–Trinajstić information content (AvgIpc) is 3.67. The van der Waals surface area contributed by atoms with Gasteiger partial charge in [0.15, 0.2) is 0 Å². The second-order valence-electron chi connectivity index (χ2n) is 12.5. The van der Waals surface area contributed by atoms with Crippen molar-refractivity contribution in [1.82, 2.24) is 29.3 Å². The summed E-state index contributed by atoms with van der Waals surface area (Å²) in [5, 5.41) is 43.6. The van der Waals surface area contributed by atoms with Crippen molar-refractivity contribution < 1.29 is 29.6 Å². The smallest absolute Gasteiger partial charge is 0.308 e. The number of methoxy groups -OCH3 is 1. The molecule has 0 aliphatic rings. The zero-order valence-electron chi connectivity index (χ0n) is 31.3. The van der Waals surface area contributed by atoms with E-state index in [4.69, 9.17) is 21.1 Å². The highest BCUT2D eigenvalue weighted by Gasteiger charge is 2.15. The predicted octanol–water partition coefficient (Wildman–Crippen LogP) is 8.10. The van der Waals surface area contributed by atoms with Gasteiger partial charge >= 0.3 is 5.97 Å². The summed E-state index contributed by atoms with van der Waals surface area (Å²) < 4.78 is 15.3. The lowest BCUT2D eigenvalue weighted by Crippen LogP contribution is -2.03. The number of aromatic nitrogens is 6. The van der Waals surface area contributed by atoms with Gasteiger partial charge in [-0.3, -0.25) is 4.79 Å². The Morgan fingerprint density at radius 3 is 1.62 bits per heavy atom. The lowest BCUT2D eigenvalue weighted by molar-refractivity contribution is -0.131. The van der Waals surface area contributed by atoms with Crippen molar-refractivity contribution >= 4 is 17.6 Å². The monoisotopic (exact) mass is 728 g/mol. The van der Waals surface area contributed by atoms with Gasteiger partial charge in [-0.2, -0.15) is 15.3 Å². The highest BCUT2D eigenvalue weighted by Crippen LogP contribution is 2.32. The van der Waals surface area contributed by atoms with Crippen LogP contribution in [0.25, 0.3) is 17.1 Å². The van der Waals surface area contributed by atoms with E-state index in [0.717, 1.165) is 56.6 Å². The fourth-order valence-corrected chi connectivity index (χ4v) is 5.65. The molecule has 274 valence electrons. The normalized spacial score (nSPS) is 10.6. The maximum absolute atomic E-state index is 10.9. The highest BCUT2D eigenvalue weighted by molar-refractivity contribution is 6.31. The number of carbonyl (C=O) groups excluding carboxylic acids is 1. The van der Waals surface area contributed by atoms with Crippen molar-refractivity contribution in [3.05, 3.63) is 110 Å². The van der Waals surface area contributed by atoms with E-state index in [2.05, 4.69) is 15.3 Å². The molecule has 52 heavy (non-hydrogen) atoms. The number of aryl methyl sites for hydroxylation is 7. The standard InChI is InChI=1S/C14H16N2O3.C13H16N2O2.C12H13ClN2O/c1-8-9(2)15-16(10(8)3)13-6-5-12(7-14(13)18)19-11(4)17;1-8-5-12(16)11(7-13(8)17-4)15-10(3)6-9(2)14-15;1-7-4-12(16)11(6-10(7)13)15-9(3)5-8(2)14-15/h5-7,18H,1-4H3;5-7,16H,1-4H3;4-6,16H,1-3H3. The summed E-state index contributed by atoms with van der Waals surface area (Å²) in [4.78, 5) is 10.9. The van der Waals surface area contributed by atoms with Crippen molar-refractivity contribution in [1.29, 1.82) is 0 Å². The molecule has 0 atom stereocenters. The Labute approximate surface area is 308 Å². The number of nitrogens with zero attached hydrogens (tertiary/aromatic N) is 6. The van der Waals surface area contributed by atoms with Crippen LogP contribution in [0.15, 0.2) is 54.6 Å². The van der Waals surface area contributed by atoms with Crippen LogP contribution in [0.5, 0.6) is 28.7 Å². The molecule has 0 saturated carbocycles. The number of phenolic OH excluding ortho intramolecular Hbond substituents is 3. The van der Waals surface area contributed by atoms with E-state index in [1.807, 2.05) is 74.4 Å².